The largest absolute Gasteiger partial charge is 0.298 e. The summed E-state index contributed by atoms with van der Waals surface area (Å²) in [5, 5.41) is 16.5. The first-order valence-electron chi connectivity index (χ1n) is 4.94. The first-order valence-corrected chi connectivity index (χ1v) is 6.02. The zero-order valence-corrected chi connectivity index (χ0v) is 11.2. The fraction of sp³-hybridized carbons (Fsp3) is 0.600. The van der Waals surface area contributed by atoms with Gasteiger partial charge < -0.3 is 0 Å². The lowest BCUT2D eigenvalue weighted by Crippen LogP contribution is -2.45. The van der Waals surface area contributed by atoms with Crippen molar-refractivity contribution in [1.82, 2.24) is 15.1 Å². The third kappa shape index (κ3) is 3.80. The Kier molecular flexibility index (Phi) is 4.54. The Labute approximate surface area is 104 Å². The zero-order chi connectivity index (χ0) is 11.3. The molecule has 1 N–H and O–H groups in total. The predicted octanol–water partition coefficient (Wildman–Crippen LogP) is 1.77. The Morgan fingerprint density at radius 1 is 1.73 bits per heavy atom. The minimum atomic E-state index is -0.537. The molecule has 0 bridgehead atoms. The number of nitrogens with zero attached hydrogens (tertiary/aromatic N) is 3. The monoisotopic (exact) mass is 318 g/mol. The number of hydrogen-bond donors (Lipinski definition) is 1. The van der Waals surface area contributed by atoms with E-state index in [4.69, 9.17) is 5.26 Å². The van der Waals surface area contributed by atoms with Gasteiger partial charge >= 0.3 is 0 Å². The summed E-state index contributed by atoms with van der Waals surface area (Å²) in [5.74, 6) is 0. The molecule has 5 heteroatoms. The van der Waals surface area contributed by atoms with Gasteiger partial charge in [-0.1, -0.05) is 6.92 Å². The van der Waals surface area contributed by atoms with Crippen molar-refractivity contribution in [2.45, 2.75) is 32.4 Å². The highest BCUT2D eigenvalue weighted by Crippen LogP contribution is 2.08. The van der Waals surface area contributed by atoms with E-state index in [-0.39, 0.29) is 0 Å². The van der Waals surface area contributed by atoms with Gasteiger partial charge in [0.2, 0.25) is 0 Å². The minimum absolute atomic E-state index is 0.537. The molecule has 0 saturated carbocycles. The van der Waals surface area contributed by atoms with Gasteiger partial charge in [0, 0.05) is 6.20 Å². The fourth-order valence-corrected chi connectivity index (χ4v) is 1.73. The van der Waals surface area contributed by atoms with Crippen molar-refractivity contribution in [3.05, 3.63) is 16.0 Å². The first-order chi connectivity index (χ1) is 7.09. The summed E-state index contributed by atoms with van der Waals surface area (Å²) in [6.07, 6.45) is 4.75. The SMILES string of the molecule is CCCNC(C)(C#N)Cn1cc(I)cn1. The molecule has 1 unspecified atom stereocenters. The smallest absolute Gasteiger partial charge is 0.123 e. The number of hydrogen-bond acceptors (Lipinski definition) is 3. The van der Waals surface area contributed by atoms with E-state index in [0.717, 1.165) is 16.5 Å². The standard InChI is InChI=1S/C10H15IN4/c1-3-4-13-10(2,7-12)8-15-6-9(11)5-14-15/h5-6,13H,3-4,8H2,1-2H3. The van der Waals surface area contributed by atoms with E-state index in [1.165, 1.54) is 0 Å². The van der Waals surface area contributed by atoms with Crippen LogP contribution in [0.5, 0.6) is 0 Å². The summed E-state index contributed by atoms with van der Waals surface area (Å²) in [6.45, 7) is 5.41. The summed E-state index contributed by atoms with van der Waals surface area (Å²) in [7, 11) is 0. The van der Waals surface area contributed by atoms with Crippen molar-refractivity contribution in [2.75, 3.05) is 6.54 Å². The average Bonchev–Trinajstić information content (AvgIpc) is 2.61. The molecule has 0 spiro atoms. The zero-order valence-electron chi connectivity index (χ0n) is 9.00. The van der Waals surface area contributed by atoms with Crippen LogP contribution in [0.2, 0.25) is 0 Å². The maximum absolute atomic E-state index is 9.12. The van der Waals surface area contributed by atoms with Gasteiger partial charge in [0.15, 0.2) is 0 Å². The van der Waals surface area contributed by atoms with Gasteiger partial charge in [0.05, 0.1) is 22.4 Å². The second-order valence-corrected chi connectivity index (χ2v) is 4.97. The van der Waals surface area contributed by atoms with Gasteiger partial charge in [-0.15, -0.1) is 0 Å². The van der Waals surface area contributed by atoms with E-state index in [1.807, 2.05) is 13.1 Å². The van der Waals surface area contributed by atoms with Gasteiger partial charge in [-0.25, -0.2) is 0 Å². The molecule has 1 aromatic heterocycles. The normalized spacial score (nSPS) is 14.5. The van der Waals surface area contributed by atoms with Crippen molar-refractivity contribution < 1.29 is 0 Å². The van der Waals surface area contributed by atoms with Crippen molar-refractivity contribution >= 4 is 22.6 Å². The van der Waals surface area contributed by atoms with Gasteiger partial charge in [0.25, 0.3) is 0 Å². The van der Waals surface area contributed by atoms with Crippen LogP contribution in [-0.2, 0) is 6.54 Å². The lowest BCUT2D eigenvalue weighted by atomic mass is 10.1. The average molecular weight is 318 g/mol. The van der Waals surface area contributed by atoms with Crippen molar-refractivity contribution in [1.29, 1.82) is 5.26 Å². The second-order valence-electron chi connectivity index (χ2n) is 3.73. The number of nitriles is 1. The van der Waals surface area contributed by atoms with Crippen LogP contribution in [0, 0.1) is 14.9 Å². The molecule has 0 saturated heterocycles. The van der Waals surface area contributed by atoms with E-state index in [1.54, 1.807) is 10.9 Å². The summed E-state index contributed by atoms with van der Waals surface area (Å²) in [6, 6.07) is 2.30. The molecule has 0 aliphatic heterocycles. The number of rotatable bonds is 5. The Hall–Kier alpha value is -0.610. The van der Waals surface area contributed by atoms with Crippen LogP contribution >= 0.6 is 22.6 Å². The molecule has 4 nitrogen and oxygen atoms in total. The van der Waals surface area contributed by atoms with E-state index in [0.29, 0.717) is 6.54 Å². The highest BCUT2D eigenvalue weighted by Gasteiger charge is 2.23. The third-order valence-electron chi connectivity index (χ3n) is 2.09. The summed E-state index contributed by atoms with van der Waals surface area (Å²) < 4.78 is 2.89. The van der Waals surface area contributed by atoms with Crippen LogP contribution < -0.4 is 5.32 Å². The Bertz CT molecular complexity index is 355. The molecule has 0 aliphatic carbocycles. The van der Waals surface area contributed by atoms with Crippen LogP contribution in [0.1, 0.15) is 20.3 Å². The van der Waals surface area contributed by atoms with Gasteiger partial charge in [-0.05, 0) is 42.5 Å². The van der Waals surface area contributed by atoms with Crippen molar-refractivity contribution in [3.63, 3.8) is 0 Å². The highest BCUT2D eigenvalue weighted by molar-refractivity contribution is 14.1. The van der Waals surface area contributed by atoms with E-state index in [2.05, 4.69) is 46.0 Å². The van der Waals surface area contributed by atoms with Crippen LogP contribution in [-0.4, -0.2) is 21.9 Å². The Morgan fingerprint density at radius 3 is 2.93 bits per heavy atom. The Morgan fingerprint density at radius 2 is 2.47 bits per heavy atom. The van der Waals surface area contributed by atoms with Crippen LogP contribution in [0.4, 0.5) is 0 Å². The summed E-state index contributed by atoms with van der Waals surface area (Å²) in [4.78, 5) is 0. The molecule has 15 heavy (non-hydrogen) atoms. The second kappa shape index (κ2) is 5.47. The molecule has 82 valence electrons. The lowest BCUT2D eigenvalue weighted by molar-refractivity contribution is 0.371. The lowest BCUT2D eigenvalue weighted by Gasteiger charge is -2.22. The third-order valence-corrected chi connectivity index (χ3v) is 2.65. The molecular weight excluding hydrogens is 303 g/mol. The molecular formula is C10H15IN4. The maximum Gasteiger partial charge on any atom is 0.123 e. The number of halogens is 1. The van der Waals surface area contributed by atoms with Gasteiger partial charge in [0.1, 0.15) is 5.54 Å². The minimum Gasteiger partial charge on any atom is -0.298 e. The molecule has 0 fully saturated rings. The fourth-order valence-electron chi connectivity index (χ4n) is 1.28. The molecule has 1 heterocycles. The molecule has 0 aromatic carbocycles. The highest BCUT2D eigenvalue weighted by atomic mass is 127. The maximum atomic E-state index is 9.12. The van der Waals surface area contributed by atoms with Crippen molar-refractivity contribution in [3.8, 4) is 6.07 Å². The van der Waals surface area contributed by atoms with E-state index < -0.39 is 5.54 Å². The summed E-state index contributed by atoms with van der Waals surface area (Å²) >= 11 is 2.21. The predicted molar refractivity (Wildman–Crippen MR) is 67.3 cm³/mol. The number of nitrogens with one attached hydrogen (secondary N) is 1. The van der Waals surface area contributed by atoms with Crippen LogP contribution in [0.3, 0.4) is 0 Å². The van der Waals surface area contributed by atoms with E-state index >= 15 is 0 Å². The van der Waals surface area contributed by atoms with Gasteiger partial charge in [-0.3, -0.25) is 10.00 Å². The van der Waals surface area contributed by atoms with Crippen LogP contribution in [0.15, 0.2) is 12.4 Å². The molecule has 1 rings (SSSR count). The molecule has 0 radical (unpaired) electrons. The van der Waals surface area contributed by atoms with Crippen LogP contribution in [0.25, 0.3) is 0 Å². The quantitative estimate of drug-likeness (QED) is 0.842. The number of aromatic nitrogens is 2. The summed E-state index contributed by atoms with van der Waals surface area (Å²) in [5.41, 5.74) is -0.537. The molecule has 0 aliphatic rings. The molecule has 1 aromatic rings. The first kappa shape index (κ1) is 12.5. The molecule has 0 amide bonds. The van der Waals surface area contributed by atoms with Gasteiger partial charge in [-0.2, -0.15) is 10.4 Å². The van der Waals surface area contributed by atoms with E-state index in [9.17, 15) is 0 Å². The molecule has 1 atom stereocenters. The van der Waals surface area contributed by atoms with Crippen molar-refractivity contribution in [2.24, 2.45) is 0 Å². The Balaban J connectivity index is 2.64. The topological polar surface area (TPSA) is 53.6 Å².